The molecule has 0 atom stereocenters. The van der Waals surface area contributed by atoms with E-state index in [2.05, 4.69) is 37.1 Å². The Balaban J connectivity index is 1.76. The van der Waals surface area contributed by atoms with E-state index in [1.165, 1.54) is 28.5 Å². The molecule has 9 nitrogen and oxygen atoms in total. The van der Waals surface area contributed by atoms with Crippen LogP contribution in [-0.2, 0) is 43.5 Å². The fourth-order valence-electron chi connectivity index (χ4n) is 5.39. The van der Waals surface area contributed by atoms with Crippen LogP contribution in [0.4, 0.5) is 0 Å². The van der Waals surface area contributed by atoms with Crippen molar-refractivity contribution in [3.8, 4) is 12.3 Å². The number of aromatic nitrogens is 4. The molecule has 38 heavy (non-hydrogen) atoms. The topological polar surface area (TPSA) is 119 Å². The molecule has 3 aromatic rings. The van der Waals surface area contributed by atoms with Gasteiger partial charge < -0.3 is 14.4 Å². The minimum absolute atomic E-state index is 0.149. The molecule has 0 amide bonds. The van der Waals surface area contributed by atoms with Crippen LogP contribution in [0.3, 0.4) is 0 Å². The molecular weight excluding hydrogens is 503 g/mol. The average Bonchev–Trinajstić information content (AvgIpc) is 3.53. The molecule has 2 heterocycles. The zero-order valence-electron chi connectivity index (χ0n) is 22.0. The summed E-state index contributed by atoms with van der Waals surface area (Å²) in [7, 11) is -4.13. The van der Waals surface area contributed by atoms with Gasteiger partial charge in [0.1, 0.15) is 5.82 Å². The number of hydrogen-bond acceptors (Lipinski definition) is 4. The first-order valence-corrected chi connectivity index (χ1v) is 15.3. The highest BCUT2D eigenvalue weighted by Gasteiger charge is 2.24. The van der Waals surface area contributed by atoms with Crippen molar-refractivity contribution in [2.45, 2.75) is 84.3 Å². The minimum atomic E-state index is -4.13. The van der Waals surface area contributed by atoms with Crippen LogP contribution in [0.15, 0.2) is 33.9 Å². The van der Waals surface area contributed by atoms with Gasteiger partial charge in [-0.05, 0) is 55.6 Å². The van der Waals surface area contributed by atoms with Gasteiger partial charge in [0.15, 0.2) is 11.2 Å². The zero-order valence-corrected chi connectivity index (χ0v) is 22.9. The number of fused-ring (bicyclic) bond motifs is 1. The standard InChI is InChI=1S/C28H37N4O5P/c1-3-17-31-27(33)25-26(30(28(31)34)18-7-8-19-38(35,36)37)29-24(32(25)20-23-9-5-6-10-23)16-15-22-13-11-21(4-2)12-14-22/h1,11-14,23H,4-10,15-20H2,2H3,(H2,35,36,37). The van der Waals surface area contributed by atoms with Crippen LogP contribution in [-0.4, -0.2) is 34.6 Å². The van der Waals surface area contributed by atoms with Crippen LogP contribution in [0.1, 0.15) is 62.4 Å². The second-order valence-corrected chi connectivity index (χ2v) is 12.0. The smallest absolute Gasteiger partial charge is 0.324 e. The van der Waals surface area contributed by atoms with Crippen molar-refractivity contribution in [3.05, 3.63) is 62.1 Å². The lowest BCUT2D eigenvalue weighted by Crippen LogP contribution is -2.40. The first-order chi connectivity index (χ1) is 18.2. The van der Waals surface area contributed by atoms with Crippen molar-refractivity contribution >= 4 is 18.8 Å². The molecule has 4 rings (SSSR count). The van der Waals surface area contributed by atoms with Gasteiger partial charge in [-0.2, -0.15) is 0 Å². The summed E-state index contributed by atoms with van der Waals surface area (Å²) in [5, 5.41) is 0. The molecular formula is C28H37N4O5P. The average molecular weight is 541 g/mol. The Bertz CT molecular complexity index is 1470. The highest BCUT2D eigenvalue weighted by Crippen LogP contribution is 2.35. The van der Waals surface area contributed by atoms with E-state index in [0.717, 1.165) is 36.1 Å². The maximum atomic E-state index is 13.6. The molecule has 0 aliphatic heterocycles. The summed E-state index contributed by atoms with van der Waals surface area (Å²) in [6.07, 6.45) is 12.7. The number of hydrogen-bond donors (Lipinski definition) is 2. The highest BCUT2D eigenvalue weighted by atomic mass is 31.2. The first-order valence-electron chi connectivity index (χ1n) is 13.5. The van der Waals surface area contributed by atoms with Gasteiger partial charge in [0.2, 0.25) is 0 Å². The number of unbranched alkanes of at least 4 members (excludes halogenated alkanes) is 1. The molecule has 1 saturated carbocycles. The summed E-state index contributed by atoms with van der Waals surface area (Å²) < 4.78 is 15.8. The van der Waals surface area contributed by atoms with Crippen molar-refractivity contribution in [1.29, 1.82) is 0 Å². The Morgan fingerprint density at radius 1 is 1.03 bits per heavy atom. The molecule has 0 radical (unpaired) electrons. The van der Waals surface area contributed by atoms with E-state index in [4.69, 9.17) is 11.4 Å². The van der Waals surface area contributed by atoms with Crippen LogP contribution >= 0.6 is 7.60 Å². The molecule has 0 unspecified atom stereocenters. The maximum Gasteiger partial charge on any atom is 0.333 e. The van der Waals surface area contributed by atoms with Crippen molar-refractivity contribution in [3.63, 3.8) is 0 Å². The molecule has 0 saturated heterocycles. The Hall–Kier alpha value is -2.92. The summed E-state index contributed by atoms with van der Waals surface area (Å²) in [5.41, 5.74) is 2.21. The van der Waals surface area contributed by atoms with E-state index in [1.54, 1.807) is 0 Å². The van der Waals surface area contributed by atoms with E-state index in [0.29, 0.717) is 36.5 Å². The van der Waals surface area contributed by atoms with Gasteiger partial charge in [-0.3, -0.25) is 13.9 Å². The number of nitrogens with zero attached hydrogens (tertiary/aromatic N) is 4. The van der Waals surface area contributed by atoms with E-state index < -0.39 is 18.8 Å². The van der Waals surface area contributed by atoms with Gasteiger partial charge in [-0.1, -0.05) is 50.0 Å². The minimum Gasteiger partial charge on any atom is -0.324 e. The monoisotopic (exact) mass is 540 g/mol. The van der Waals surface area contributed by atoms with Crippen molar-refractivity contribution in [2.24, 2.45) is 5.92 Å². The van der Waals surface area contributed by atoms with Crippen LogP contribution in [0.5, 0.6) is 0 Å². The molecule has 10 heteroatoms. The van der Waals surface area contributed by atoms with Gasteiger partial charge in [-0.15, -0.1) is 6.42 Å². The predicted octanol–water partition coefficient (Wildman–Crippen LogP) is 3.49. The largest absolute Gasteiger partial charge is 0.333 e. The quantitative estimate of drug-likeness (QED) is 0.206. The van der Waals surface area contributed by atoms with Gasteiger partial charge in [0.05, 0.1) is 6.54 Å². The summed E-state index contributed by atoms with van der Waals surface area (Å²) in [4.78, 5) is 50.2. The van der Waals surface area contributed by atoms with E-state index in [1.807, 2.05) is 4.57 Å². The van der Waals surface area contributed by atoms with Gasteiger partial charge in [0.25, 0.3) is 5.56 Å². The SMILES string of the molecule is C#CCn1c(=O)c2c(nc(CCc3ccc(CC)cc3)n2CC2CCCC2)n(CCCCP(=O)(O)O)c1=O. The molecule has 1 aliphatic rings. The number of terminal acetylenes is 1. The summed E-state index contributed by atoms with van der Waals surface area (Å²) in [5.74, 6) is 3.63. The van der Waals surface area contributed by atoms with Gasteiger partial charge in [0, 0.05) is 25.7 Å². The van der Waals surface area contributed by atoms with Crippen molar-refractivity contribution in [2.75, 3.05) is 6.16 Å². The Morgan fingerprint density at radius 2 is 1.71 bits per heavy atom. The third-order valence-corrected chi connectivity index (χ3v) is 8.41. The fourth-order valence-corrected chi connectivity index (χ4v) is 6.03. The van der Waals surface area contributed by atoms with Gasteiger partial charge in [-0.25, -0.2) is 14.3 Å². The zero-order chi connectivity index (χ0) is 27.3. The van der Waals surface area contributed by atoms with E-state index in [-0.39, 0.29) is 25.7 Å². The second kappa shape index (κ2) is 12.3. The number of benzene rings is 1. The number of aryl methyl sites for hydroxylation is 4. The molecule has 0 spiro atoms. The first kappa shape index (κ1) is 28.1. The second-order valence-electron chi connectivity index (χ2n) is 10.3. The molecule has 1 fully saturated rings. The number of rotatable bonds is 12. The Morgan fingerprint density at radius 3 is 2.34 bits per heavy atom. The molecule has 2 N–H and O–H groups in total. The Labute approximate surface area is 222 Å². The summed E-state index contributed by atoms with van der Waals surface area (Å²) in [6, 6.07) is 8.51. The molecule has 0 bridgehead atoms. The van der Waals surface area contributed by atoms with Crippen molar-refractivity contribution in [1.82, 2.24) is 18.7 Å². The van der Waals surface area contributed by atoms with E-state index in [9.17, 15) is 23.9 Å². The number of imidazole rings is 1. The lowest BCUT2D eigenvalue weighted by molar-refractivity contribution is 0.370. The highest BCUT2D eigenvalue weighted by molar-refractivity contribution is 7.51. The van der Waals surface area contributed by atoms with Crippen LogP contribution in [0, 0.1) is 18.3 Å². The third-order valence-electron chi connectivity index (χ3n) is 7.51. The van der Waals surface area contributed by atoms with Crippen molar-refractivity contribution < 1.29 is 14.4 Å². The summed E-state index contributed by atoms with van der Waals surface area (Å²) in [6.45, 7) is 2.84. The van der Waals surface area contributed by atoms with Crippen LogP contribution < -0.4 is 11.2 Å². The molecule has 1 aromatic carbocycles. The van der Waals surface area contributed by atoms with Gasteiger partial charge >= 0.3 is 13.3 Å². The van der Waals surface area contributed by atoms with Crippen LogP contribution in [0.25, 0.3) is 11.2 Å². The fraction of sp³-hybridized carbons (Fsp3) is 0.536. The molecule has 204 valence electrons. The Kier molecular flexibility index (Phi) is 9.09. The lowest BCUT2D eigenvalue weighted by Gasteiger charge is -2.15. The molecule has 2 aromatic heterocycles. The van der Waals surface area contributed by atoms with Crippen LogP contribution in [0.2, 0.25) is 0 Å². The third kappa shape index (κ3) is 6.55. The normalized spacial score (nSPS) is 14.4. The predicted molar refractivity (Wildman–Crippen MR) is 148 cm³/mol. The summed E-state index contributed by atoms with van der Waals surface area (Å²) >= 11 is 0. The van der Waals surface area contributed by atoms with E-state index >= 15 is 0 Å². The molecule has 1 aliphatic carbocycles. The maximum absolute atomic E-state index is 13.6. The lowest BCUT2D eigenvalue weighted by atomic mass is 10.1.